The lowest BCUT2D eigenvalue weighted by Crippen LogP contribution is -2.58. The number of benzene rings is 2. The van der Waals surface area contributed by atoms with Crippen molar-refractivity contribution in [3.8, 4) is 0 Å². The molecule has 1 heterocycles. The van der Waals surface area contributed by atoms with E-state index in [9.17, 15) is 24.0 Å². The lowest BCUT2D eigenvalue weighted by atomic mass is 10.1. The van der Waals surface area contributed by atoms with Gasteiger partial charge in [-0.05, 0) is 48.5 Å². The third-order valence-electron chi connectivity index (χ3n) is 4.14. The number of imide groups is 2. The zero-order valence-electron chi connectivity index (χ0n) is 16.1. The van der Waals surface area contributed by atoms with Crippen LogP contribution in [0.5, 0.6) is 0 Å². The highest BCUT2D eigenvalue weighted by molar-refractivity contribution is 9.10. The molecule has 31 heavy (non-hydrogen) atoms. The van der Waals surface area contributed by atoms with Crippen LogP contribution in [0.15, 0.2) is 58.1 Å². The fraction of sp³-hybridized carbons (Fsp3) is 0.100. The number of hydrazone groups is 1. The molecular formula is C20H16BrN5O5. The second-order valence-electron chi connectivity index (χ2n) is 6.40. The van der Waals surface area contributed by atoms with Crippen LogP contribution >= 0.6 is 15.9 Å². The summed E-state index contributed by atoms with van der Waals surface area (Å²) in [7, 11) is 0. The van der Waals surface area contributed by atoms with Crippen molar-refractivity contribution in [3.05, 3.63) is 58.6 Å². The van der Waals surface area contributed by atoms with Crippen LogP contribution in [-0.4, -0.2) is 35.9 Å². The van der Waals surface area contributed by atoms with Gasteiger partial charge in [0.15, 0.2) is 5.92 Å². The van der Waals surface area contributed by atoms with Crippen LogP contribution < -0.4 is 21.0 Å². The van der Waals surface area contributed by atoms with Crippen molar-refractivity contribution in [2.75, 3.05) is 10.2 Å². The highest BCUT2D eigenvalue weighted by Gasteiger charge is 2.40. The van der Waals surface area contributed by atoms with Crippen molar-refractivity contribution in [1.29, 1.82) is 0 Å². The SMILES string of the molecule is CC(=O)Nc1ccc(C(=O)N/N=C\[C@H]2C(=O)NC(=O)N(c3ccc(Br)cc3)C2=O)cc1. The van der Waals surface area contributed by atoms with Crippen molar-refractivity contribution in [2.24, 2.45) is 11.0 Å². The van der Waals surface area contributed by atoms with Crippen LogP contribution in [0.3, 0.4) is 0 Å². The van der Waals surface area contributed by atoms with Gasteiger partial charge >= 0.3 is 6.03 Å². The Morgan fingerprint density at radius 1 is 1.06 bits per heavy atom. The molecule has 1 aliphatic rings. The van der Waals surface area contributed by atoms with Crippen molar-refractivity contribution >= 4 is 63.2 Å². The van der Waals surface area contributed by atoms with Crippen LogP contribution in [0.2, 0.25) is 0 Å². The largest absolute Gasteiger partial charge is 0.335 e. The van der Waals surface area contributed by atoms with E-state index in [0.29, 0.717) is 5.69 Å². The molecule has 1 atom stereocenters. The van der Waals surface area contributed by atoms with E-state index < -0.39 is 29.7 Å². The highest BCUT2D eigenvalue weighted by Crippen LogP contribution is 2.22. The summed E-state index contributed by atoms with van der Waals surface area (Å²) in [5.41, 5.74) is 3.27. The average molecular weight is 486 g/mol. The average Bonchev–Trinajstić information content (AvgIpc) is 2.71. The Labute approximate surface area is 184 Å². The maximum atomic E-state index is 12.7. The third-order valence-corrected chi connectivity index (χ3v) is 4.67. The van der Waals surface area contributed by atoms with Crippen LogP contribution in [0.4, 0.5) is 16.2 Å². The van der Waals surface area contributed by atoms with E-state index in [1.54, 1.807) is 24.3 Å². The van der Waals surface area contributed by atoms with Gasteiger partial charge in [-0.25, -0.2) is 15.1 Å². The van der Waals surface area contributed by atoms with Gasteiger partial charge in [0.1, 0.15) is 0 Å². The molecule has 11 heteroatoms. The molecule has 10 nitrogen and oxygen atoms in total. The molecule has 0 unspecified atom stereocenters. The molecule has 158 valence electrons. The molecule has 0 bridgehead atoms. The number of rotatable bonds is 5. The van der Waals surface area contributed by atoms with Crippen LogP contribution in [-0.2, 0) is 14.4 Å². The Morgan fingerprint density at radius 2 is 1.71 bits per heavy atom. The fourth-order valence-corrected chi connectivity index (χ4v) is 2.96. The van der Waals surface area contributed by atoms with Crippen molar-refractivity contribution in [2.45, 2.75) is 6.92 Å². The number of nitrogens with zero attached hydrogens (tertiary/aromatic N) is 2. The summed E-state index contributed by atoms with van der Waals surface area (Å²) in [6.45, 7) is 1.36. The van der Waals surface area contributed by atoms with E-state index in [1.807, 2.05) is 0 Å². The second-order valence-corrected chi connectivity index (χ2v) is 7.32. The second kappa shape index (κ2) is 9.30. The Morgan fingerprint density at radius 3 is 2.32 bits per heavy atom. The van der Waals surface area contributed by atoms with Crippen LogP contribution in [0, 0.1) is 5.92 Å². The Hall–Kier alpha value is -3.86. The number of hydrogen-bond donors (Lipinski definition) is 3. The number of carbonyl (C=O) groups is 5. The molecule has 0 radical (unpaired) electrons. The first-order valence-electron chi connectivity index (χ1n) is 8.92. The van der Waals surface area contributed by atoms with Gasteiger partial charge in [-0.1, -0.05) is 15.9 Å². The summed E-state index contributed by atoms with van der Waals surface area (Å²) in [4.78, 5) is 61.0. The topological polar surface area (TPSA) is 137 Å². The Bertz CT molecular complexity index is 1080. The van der Waals surface area contributed by atoms with E-state index in [-0.39, 0.29) is 17.2 Å². The van der Waals surface area contributed by atoms with Crippen LogP contribution in [0.1, 0.15) is 17.3 Å². The molecule has 3 N–H and O–H groups in total. The highest BCUT2D eigenvalue weighted by atomic mass is 79.9. The number of carbonyl (C=O) groups excluding carboxylic acids is 5. The molecule has 0 aliphatic carbocycles. The molecule has 3 rings (SSSR count). The normalized spacial score (nSPS) is 16.3. The molecular weight excluding hydrogens is 470 g/mol. The zero-order chi connectivity index (χ0) is 22.5. The van der Waals surface area contributed by atoms with Gasteiger partial charge in [0.2, 0.25) is 11.8 Å². The summed E-state index contributed by atoms with van der Waals surface area (Å²) in [6.07, 6.45) is 0.958. The first-order valence-corrected chi connectivity index (χ1v) is 9.71. The lowest BCUT2D eigenvalue weighted by Gasteiger charge is -2.28. The summed E-state index contributed by atoms with van der Waals surface area (Å²) < 4.78 is 0.753. The van der Waals surface area contributed by atoms with Crippen LogP contribution in [0.25, 0.3) is 0 Å². The molecule has 2 aromatic rings. The number of anilines is 2. The molecule has 1 fully saturated rings. The number of amides is 6. The molecule has 6 amide bonds. The molecule has 1 aliphatic heterocycles. The van der Waals surface area contributed by atoms with E-state index in [4.69, 9.17) is 0 Å². The lowest BCUT2D eigenvalue weighted by molar-refractivity contribution is -0.131. The van der Waals surface area contributed by atoms with Gasteiger partial charge in [0, 0.05) is 28.9 Å². The number of urea groups is 1. The summed E-state index contributed by atoms with van der Waals surface area (Å²) >= 11 is 3.26. The van der Waals surface area contributed by atoms with Gasteiger partial charge in [0.05, 0.1) is 5.69 Å². The molecule has 0 saturated carbocycles. The van der Waals surface area contributed by atoms with E-state index >= 15 is 0 Å². The summed E-state index contributed by atoms with van der Waals surface area (Å²) in [6, 6.07) is 11.5. The summed E-state index contributed by atoms with van der Waals surface area (Å²) in [5.74, 6) is -3.87. The van der Waals surface area contributed by atoms with E-state index in [1.165, 1.54) is 31.2 Å². The number of hydrogen-bond acceptors (Lipinski definition) is 6. The quantitative estimate of drug-likeness (QED) is 0.338. The van der Waals surface area contributed by atoms with Gasteiger partial charge in [-0.2, -0.15) is 5.10 Å². The standard InChI is InChI=1S/C20H16BrN5O5/c1-11(27)23-14-6-2-12(3-7-14)17(28)25-22-10-16-18(29)24-20(31)26(19(16)30)15-8-4-13(21)5-9-15/h2-10,16H,1H3,(H,23,27)(H,25,28)(H,24,29,31)/b22-10-/t16-/m0/s1. The minimum absolute atomic E-state index is 0.243. The minimum atomic E-state index is -1.40. The van der Waals surface area contributed by atoms with Crippen molar-refractivity contribution < 1.29 is 24.0 Å². The van der Waals surface area contributed by atoms with E-state index in [2.05, 4.69) is 37.1 Å². The first-order chi connectivity index (χ1) is 14.8. The van der Waals surface area contributed by atoms with Gasteiger partial charge in [-0.3, -0.25) is 24.5 Å². The van der Waals surface area contributed by atoms with Crippen molar-refractivity contribution in [3.63, 3.8) is 0 Å². The van der Waals surface area contributed by atoms with Crippen molar-refractivity contribution in [1.82, 2.24) is 10.7 Å². The fourth-order valence-electron chi connectivity index (χ4n) is 2.70. The zero-order valence-corrected chi connectivity index (χ0v) is 17.7. The maximum Gasteiger partial charge on any atom is 0.335 e. The molecule has 2 aromatic carbocycles. The Kier molecular flexibility index (Phi) is 6.55. The summed E-state index contributed by atoms with van der Waals surface area (Å²) in [5, 5.41) is 8.35. The van der Waals surface area contributed by atoms with Gasteiger partial charge in [0.25, 0.3) is 11.8 Å². The first kappa shape index (κ1) is 21.8. The smallest absolute Gasteiger partial charge is 0.326 e. The number of barbiturate groups is 1. The molecule has 1 saturated heterocycles. The predicted octanol–water partition coefficient (Wildman–Crippen LogP) is 2.02. The molecule has 0 aromatic heterocycles. The minimum Gasteiger partial charge on any atom is -0.326 e. The predicted molar refractivity (Wildman–Crippen MR) is 115 cm³/mol. The number of nitrogens with one attached hydrogen (secondary N) is 3. The maximum absolute atomic E-state index is 12.7. The van der Waals surface area contributed by atoms with Gasteiger partial charge in [-0.15, -0.1) is 0 Å². The number of halogens is 1. The van der Waals surface area contributed by atoms with Gasteiger partial charge < -0.3 is 5.32 Å². The third kappa shape index (κ3) is 5.20. The monoisotopic (exact) mass is 485 g/mol. The Balaban J connectivity index is 1.68. The van der Waals surface area contributed by atoms with E-state index in [0.717, 1.165) is 15.6 Å². The molecule has 0 spiro atoms.